The summed E-state index contributed by atoms with van der Waals surface area (Å²) in [5.74, 6) is -0.369. The van der Waals surface area contributed by atoms with Gasteiger partial charge in [0.25, 0.3) is 0 Å². The molecule has 3 saturated carbocycles. The van der Waals surface area contributed by atoms with Crippen molar-refractivity contribution in [1.82, 2.24) is 14.7 Å². The third-order valence-corrected chi connectivity index (χ3v) is 11.3. The topological polar surface area (TPSA) is 99.6 Å². The van der Waals surface area contributed by atoms with E-state index in [1.54, 1.807) is 0 Å². The first-order valence-corrected chi connectivity index (χ1v) is 20.3. The Morgan fingerprint density at radius 1 is 0.625 bits per heavy atom. The molecule has 3 aliphatic carbocycles. The number of carboxylic acid groups (broad SMARTS) is 1. The summed E-state index contributed by atoms with van der Waals surface area (Å²) in [7, 11) is 2.97. The fourth-order valence-corrected chi connectivity index (χ4v) is 7.76. The first-order chi connectivity index (χ1) is 23.0. The van der Waals surface area contributed by atoms with Crippen LogP contribution in [0.5, 0.6) is 0 Å². The quantitative estimate of drug-likeness (QED) is 0.118. The van der Waals surface area contributed by atoms with Crippen molar-refractivity contribution in [3.8, 4) is 0 Å². The summed E-state index contributed by atoms with van der Waals surface area (Å²) in [4.78, 5) is 41.0. The van der Waals surface area contributed by atoms with Crippen LogP contribution in [0.3, 0.4) is 0 Å². The van der Waals surface area contributed by atoms with Gasteiger partial charge < -0.3 is 29.3 Å². The standard InChI is InChI=1S/C13H25NO2.C12H23NO2.C7H12O2.C6H14BrN/c1-4-14(5-2)11-10-13(12(15)16-3)8-6-7-9-13;1-3-13(4-2)10-9-12(11(14)15)7-5-6-8-12;1-9-7(8)6-4-2-3-5-6;1-3-8(4-2)6-5-7/h4-11H2,1-3H3;3-10H2,1-2H3,(H,14,15);6H,2-5H2,1H3;3-6H2,1-2H3. The molecule has 1 N–H and O–H groups in total. The molecule has 0 atom stereocenters. The molecule has 0 aromatic carbocycles. The third-order valence-electron chi connectivity index (χ3n) is 11.0. The number of rotatable bonds is 17. The van der Waals surface area contributed by atoms with Crippen LogP contribution in [-0.2, 0) is 23.9 Å². The first-order valence-electron chi connectivity index (χ1n) is 19.1. The Hall–Kier alpha value is -1.23. The summed E-state index contributed by atoms with van der Waals surface area (Å²) < 4.78 is 9.57. The van der Waals surface area contributed by atoms with Crippen LogP contribution < -0.4 is 0 Å². The molecular weight excluding hydrogens is 674 g/mol. The molecule has 3 fully saturated rings. The molecule has 0 bridgehead atoms. The first kappa shape index (κ1) is 46.8. The van der Waals surface area contributed by atoms with Gasteiger partial charge in [-0.1, -0.05) is 96.0 Å². The second kappa shape index (κ2) is 27.5. The van der Waals surface area contributed by atoms with Crippen molar-refractivity contribution in [1.29, 1.82) is 0 Å². The van der Waals surface area contributed by atoms with Gasteiger partial charge in [0.2, 0.25) is 0 Å². The number of alkyl halides is 1. The molecule has 10 heteroatoms. The van der Waals surface area contributed by atoms with Gasteiger partial charge in [-0.3, -0.25) is 14.4 Å². The summed E-state index contributed by atoms with van der Waals surface area (Å²) in [6.07, 6.45) is 14.6. The molecule has 0 radical (unpaired) electrons. The van der Waals surface area contributed by atoms with Crippen LogP contribution in [0.25, 0.3) is 0 Å². The highest BCUT2D eigenvalue weighted by atomic mass is 79.9. The molecule has 0 saturated heterocycles. The lowest BCUT2D eigenvalue weighted by atomic mass is 9.82. The molecule has 0 spiro atoms. The molecule has 48 heavy (non-hydrogen) atoms. The molecule has 0 amide bonds. The van der Waals surface area contributed by atoms with E-state index in [1.165, 1.54) is 59.5 Å². The van der Waals surface area contributed by atoms with E-state index in [4.69, 9.17) is 4.74 Å². The Morgan fingerprint density at radius 3 is 1.31 bits per heavy atom. The Labute approximate surface area is 303 Å². The van der Waals surface area contributed by atoms with Crippen LogP contribution in [0.15, 0.2) is 0 Å². The van der Waals surface area contributed by atoms with Gasteiger partial charge in [0, 0.05) is 11.9 Å². The van der Waals surface area contributed by atoms with Crippen molar-refractivity contribution in [3.63, 3.8) is 0 Å². The van der Waals surface area contributed by atoms with E-state index in [0.717, 1.165) is 109 Å². The van der Waals surface area contributed by atoms with E-state index < -0.39 is 11.4 Å². The average molecular weight is 749 g/mol. The Kier molecular flexibility index (Phi) is 26.8. The summed E-state index contributed by atoms with van der Waals surface area (Å²) in [6.45, 7) is 22.6. The Bertz CT molecular complexity index is 830. The minimum absolute atomic E-state index is 0.0113. The summed E-state index contributed by atoms with van der Waals surface area (Å²) in [5.41, 5.74) is -0.570. The number of hydrogen-bond acceptors (Lipinski definition) is 8. The van der Waals surface area contributed by atoms with Crippen LogP contribution in [-0.4, -0.2) is 116 Å². The van der Waals surface area contributed by atoms with Crippen molar-refractivity contribution < 1.29 is 29.0 Å². The molecular formula is C38H74BrN3O6. The lowest BCUT2D eigenvalue weighted by molar-refractivity contribution is -0.153. The van der Waals surface area contributed by atoms with Crippen LogP contribution in [0, 0.1) is 16.7 Å². The van der Waals surface area contributed by atoms with E-state index in [2.05, 4.69) is 76.9 Å². The van der Waals surface area contributed by atoms with Crippen LogP contribution >= 0.6 is 15.9 Å². The number of carboxylic acids is 1. The second-order valence-corrected chi connectivity index (χ2v) is 14.3. The number of hydrogen-bond donors (Lipinski definition) is 1. The van der Waals surface area contributed by atoms with E-state index >= 15 is 0 Å². The van der Waals surface area contributed by atoms with Crippen molar-refractivity contribution >= 4 is 33.8 Å². The van der Waals surface area contributed by atoms with Gasteiger partial charge in [-0.05, 0) is 104 Å². The lowest BCUT2D eigenvalue weighted by Crippen LogP contribution is -2.35. The van der Waals surface area contributed by atoms with E-state index in [9.17, 15) is 19.5 Å². The largest absolute Gasteiger partial charge is 0.481 e. The van der Waals surface area contributed by atoms with E-state index in [0.29, 0.717) is 0 Å². The Morgan fingerprint density at radius 2 is 1.00 bits per heavy atom. The molecule has 3 rings (SSSR count). The molecule has 0 aliphatic heterocycles. The van der Waals surface area contributed by atoms with Crippen molar-refractivity contribution in [2.24, 2.45) is 16.7 Å². The van der Waals surface area contributed by atoms with Crippen LogP contribution in [0.2, 0.25) is 0 Å². The lowest BCUT2D eigenvalue weighted by Gasteiger charge is -2.28. The van der Waals surface area contributed by atoms with Crippen molar-refractivity contribution in [2.45, 2.75) is 131 Å². The van der Waals surface area contributed by atoms with Gasteiger partial charge in [0.1, 0.15) is 0 Å². The average Bonchev–Trinajstić information content (AvgIpc) is 3.92. The highest BCUT2D eigenvalue weighted by Gasteiger charge is 2.42. The number of esters is 2. The summed E-state index contributed by atoms with van der Waals surface area (Å²) in [5, 5.41) is 10.4. The summed E-state index contributed by atoms with van der Waals surface area (Å²) in [6, 6.07) is 0. The predicted octanol–water partition coefficient (Wildman–Crippen LogP) is 7.89. The molecule has 284 valence electrons. The molecule has 0 heterocycles. The SMILES string of the molecule is CCN(CC)CCBr.CCN(CC)CCC1(C(=O)O)CCCC1.CCN(CC)CCC1(C(=O)OC)CCCC1.COC(=O)C1CCCC1. The van der Waals surface area contributed by atoms with Crippen molar-refractivity contribution in [2.75, 3.05) is 78.5 Å². The van der Waals surface area contributed by atoms with Gasteiger partial charge >= 0.3 is 17.9 Å². The Balaban J connectivity index is 0.000000639. The predicted molar refractivity (Wildman–Crippen MR) is 202 cm³/mol. The van der Waals surface area contributed by atoms with Crippen LogP contribution in [0.4, 0.5) is 0 Å². The molecule has 3 aliphatic rings. The number of halogens is 1. The minimum Gasteiger partial charge on any atom is -0.481 e. The van der Waals surface area contributed by atoms with Gasteiger partial charge in [-0.25, -0.2) is 0 Å². The van der Waals surface area contributed by atoms with Crippen LogP contribution in [0.1, 0.15) is 131 Å². The monoisotopic (exact) mass is 747 g/mol. The number of carbonyl (C=O) groups is 3. The van der Waals surface area contributed by atoms with E-state index in [1.807, 2.05) is 0 Å². The molecule has 0 aromatic rings. The summed E-state index contributed by atoms with van der Waals surface area (Å²) >= 11 is 3.39. The maximum atomic E-state index is 11.9. The maximum absolute atomic E-state index is 11.9. The third kappa shape index (κ3) is 17.1. The number of nitrogens with zero attached hydrogens (tertiary/aromatic N) is 3. The number of aliphatic carboxylic acids is 1. The fraction of sp³-hybridized carbons (Fsp3) is 0.921. The van der Waals surface area contributed by atoms with E-state index in [-0.39, 0.29) is 23.3 Å². The highest BCUT2D eigenvalue weighted by Crippen LogP contribution is 2.42. The van der Waals surface area contributed by atoms with Gasteiger partial charge in [-0.2, -0.15) is 0 Å². The smallest absolute Gasteiger partial charge is 0.311 e. The molecule has 9 nitrogen and oxygen atoms in total. The number of methoxy groups -OCH3 is 2. The molecule has 0 aromatic heterocycles. The zero-order valence-corrected chi connectivity index (χ0v) is 33.8. The van der Waals surface area contributed by atoms with Crippen molar-refractivity contribution in [3.05, 3.63) is 0 Å². The number of carbonyl (C=O) groups excluding carboxylic acids is 2. The van der Waals surface area contributed by atoms with Gasteiger partial charge in [0.15, 0.2) is 0 Å². The zero-order chi connectivity index (χ0) is 36.4. The second-order valence-electron chi connectivity index (χ2n) is 13.5. The number of ether oxygens (including phenoxy) is 2. The maximum Gasteiger partial charge on any atom is 0.311 e. The normalized spacial score (nSPS) is 18.0. The minimum atomic E-state index is -0.577. The fourth-order valence-electron chi connectivity index (χ4n) is 7.26. The van der Waals surface area contributed by atoms with Gasteiger partial charge in [0.05, 0.1) is 31.0 Å². The molecule has 0 unspecified atom stereocenters. The highest BCUT2D eigenvalue weighted by molar-refractivity contribution is 9.09. The zero-order valence-electron chi connectivity index (χ0n) is 32.3. The van der Waals surface area contributed by atoms with Gasteiger partial charge in [-0.15, -0.1) is 0 Å².